The van der Waals surface area contributed by atoms with Crippen LogP contribution in [0.15, 0.2) is 42.1 Å². The molecule has 5 atom stereocenters. The number of carboxylic acids is 2. The summed E-state index contributed by atoms with van der Waals surface area (Å²) in [5.74, 6) is -3.09. The molecule has 2 fully saturated rings. The number of carboxylic acid groups (broad SMARTS) is 2. The first kappa shape index (κ1) is 16.5. The molecule has 1 aromatic carbocycles. The quantitative estimate of drug-likeness (QED) is 0.606. The van der Waals surface area contributed by atoms with Gasteiger partial charge >= 0.3 is 11.9 Å². The van der Waals surface area contributed by atoms with Gasteiger partial charge in [-0.3, -0.25) is 4.79 Å². The average Bonchev–Trinajstić information content (AvgIpc) is 3.21. The lowest BCUT2D eigenvalue weighted by atomic mass is 9.74. The molecule has 1 spiro atoms. The molecule has 0 amide bonds. The van der Waals surface area contributed by atoms with Gasteiger partial charge in [0.15, 0.2) is 6.04 Å². The van der Waals surface area contributed by atoms with Gasteiger partial charge in [0.25, 0.3) is 0 Å². The van der Waals surface area contributed by atoms with E-state index in [-0.39, 0.29) is 12.2 Å². The second-order valence-corrected chi connectivity index (χ2v) is 6.62. The number of rotatable bonds is 4. The maximum atomic E-state index is 13.1. The third-order valence-electron chi connectivity index (χ3n) is 5.32. The molecule has 8 heteroatoms. The summed E-state index contributed by atoms with van der Waals surface area (Å²) < 4.78 is 18.9. The third-order valence-corrected chi connectivity index (χ3v) is 5.32. The van der Waals surface area contributed by atoms with E-state index in [1.165, 1.54) is 35.2 Å². The Morgan fingerprint density at radius 3 is 2.50 bits per heavy atom. The molecule has 2 N–H and O–H groups in total. The van der Waals surface area contributed by atoms with Crippen molar-refractivity contribution in [2.24, 2.45) is 11.8 Å². The van der Waals surface area contributed by atoms with Gasteiger partial charge in [0.1, 0.15) is 23.1 Å². The predicted molar refractivity (Wildman–Crippen MR) is 83.9 cm³/mol. The molecule has 134 valence electrons. The van der Waals surface area contributed by atoms with Crippen molar-refractivity contribution in [2.45, 2.75) is 24.3 Å². The van der Waals surface area contributed by atoms with Gasteiger partial charge in [0.2, 0.25) is 0 Å². The Morgan fingerprint density at radius 2 is 1.92 bits per heavy atom. The number of fused-ring (bicyclic) bond motifs is 1. The molecule has 1 aromatic rings. The minimum absolute atomic E-state index is 0.00568. The predicted octanol–water partition coefficient (Wildman–Crippen LogP) is 0.834. The molecule has 26 heavy (non-hydrogen) atoms. The summed E-state index contributed by atoms with van der Waals surface area (Å²) in [5, 5.41) is 19.4. The average molecular weight is 359 g/mol. The number of hydrogen-bond donors (Lipinski definition) is 2. The highest BCUT2D eigenvalue weighted by Gasteiger charge is 2.71. The summed E-state index contributed by atoms with van der Waals surface area (Å²) in [4.78, 5) is 36.7. The summed E-state index contributed by atoms with van der Waals surface area (Å²) in [6, 6.07) is 4.13. The first-order valence-corrected chi connectivity index (χ1v) is 7.98. The van der Waals surface area contributed by atoms with Crippen molar-refractivity contribution in [2.75, 3.05) is 0 Å². The maximum absolute atomic E-state index is 13.1. The first-order chi connectivity index (χ1) is 12.4. The Kier molecular flexibility index (Phi) is 3.50. The molecule has 3 aliphatic rings. The second kappa shape index (κ2) is 5.52. The highest BCUT2D eigenvalue weighted by atomic mass is 19.1. The second-order valence-electron chi connectivity index (χ2n) is 6.62. The number of halogens is 1. The van der Waals surface area contributed by atoms with Gasteiger partial charge in [-0.2, -0.15) is 0 Å². The lowest BCUT2D eigenvalue weighted by molar-refractivity contribution is -0.149. The zero-order chi connectivity index (χ0) is 18.6. The SMILES string of the molecule is O=C=C1C2C(C(=O)O)C3C=CC2(O3)C(C(=O)O)N1Cc1ccc(F)cc1. The molecule has 4 rings (SSSR count). The number of likely N-dealkylation sites (tertiary alicyclic amines) is 1. The lowest BCUT2D eigenvalue weighted by Crippen LogP contribution is -2.49. The van der Waals surface area contributed by atoms with Gasteiger partial charge in [0.05, 0.1) is 17.9 Å². The van der Waals surface area contributed by atoms with Crippen LogP contribution in [0.1, 0.15) is 5.56 Å². The van der Waals surface area contributed by atoms with Crippen LogP contribution in [-0.2, 0) is 25.7 Å². The Hall–Kier alpha value is -2.96. The zero-order valence-electron chi connectivity index (χ0n) is 13.3. The number of hydrogen-bond acceptors (Lipinski definition) is 5. The third kappa shape index (κ3) is 2.06. The summed E-state index contributed by atoms with van der Waals surface area (Å²) >= 11 is 0. The van der Waals surface area contributed by atoms with E-state index in [2.05, 4.69) is 0 Å². The van der Waals surface area contributed by atoms with Crippen LogP contribution in [0.3, 0.4) is 0 Å². The highest BCUT2D eigenvalue weighted by Crippen LogP contribution is 2.58. The van der Waals surface area contributed by atoms with Crippen LogP contribution >= 0.6 is 0 Å². The van der Waals surface area contributed by atoms with Crippen LogP contribution in [0.5, 0.6) is 0 Å². The van der Waals surface area contributed by atoms with Crippen LogP contribution in [0.25, 0.3) is 0 Å². The van der Waals surface area contributed by atoms with E-state index in [0.29, 0.717) is 5.56 Å². The fourth-order valence-electron chi connectivity index (χ4n) is 4.37. The maximum Gasteiger partial charge on any atom is 0.329 e. The smallest absolute Gasteiger partial charge is 0.329 e. The number of aliphatic carboxylic acids is 2. The molecule has 5 unspecified atom stereocenters. The van der Waals surface area contributed by atoms with Gasteiger partial charge in [0, 0.05) is 6.54 Å². The van der Waals surface area contributed by atoms with Crippen molar-refractivity contribution in [1.82, 2.24) is 4.90 Å². The van der Waals surface area contributed by atoms with Gasteiger partial charge < -0.3 is 19.8 Å². The monoisotopic (exact) mass is 359 g/mol. The topological polar surface area (TPSA) is 104 Å². The molecule has 0 aliphatic carbocycles. The normalized spacial score (nSPS) is 34.0. The molecule has 7 nitrogen and oxygen atoms in total. The van der Waals surface area contributed by atoms with E-state index in [1.54, 1.807) is 12.0 Å². The zero-order valence-corrected chi connectivity index (χ0v) is 13.3. The van der Waals surface area contributed by atoms with Gasteiger partial charge in [-0.1, -0.05) is 24.3 Å². The van der Waals surface area contributed by atoms with E-state index < -0.39 is 47.3 Å². The van der Waals surface area contributed by atoms with Gasteiger partial charge in [-0.15, -0.1) is 0 Å². The molecule has 2 saturated heterocycles. The van der Waals surface area contributed by atoms with Crippen molar-refractivity contribution in [3.05, 3.63) is 53.5 Å². The van der Waals surface area contributed by atoms with Gasteiger partial charge in [-0.25, -0.2) is 14.0 Å². The Balaban J connectivity index is 1.80. The van der Waals surface area contributed by atoms with E-state index in [9.17, 15) is 29.0 Å². The van der Waals surface area contributed by atoms with Crippen LogP contribution in [-0.4, -0.2) is 50.7 Å². The Labute approximate surface area is 147 Å². The highest BCUT2D eigenvalue weighted by molar-refractivity contribution is 5.83. The van der Waals surface area contributed by atoms with E-state index in [1.807, 2.05) is 0 Å². The lowest BCUT2D eigenvalue weighted by Gasteiger charge is -2.30. The van der Waals surface area contributed by atoms with Crippen molar-refractivity contribution in [3.8, 4) is 0 Å². The minimum Gasteiger partial charge on any atom is -0.481 e. The molecular formula is C18H14FNO6. The largest absolute Gasteiger partial charge is 0.481 e. The molecule has 3 heterocycles. The van der Waals surface area contributed by atoms with Crippen LogP contribution in [0.4, 0.5) is 4.39 Å². The summed E-state index contributed by atoms with van der Waals surface area (Å²) in [6.45, 7) is -0.00568. The number of carbonyl (C=O) groups is 2. The van der Waals surface area contributed by atoms with Crippen molar-refractivity contribution >= 4 is 17.9 Å². The number of carbonyl (C=O) groups excluding carboxylic acids is 1. The fraction of sp³-hybridized carbons (Fsp3) is 0.333. The van der Waals surface area contributed by atoms with Crippen LogP contribution in [0.2, 0.25) is 0 Å². The van der Waals surface area contributed by atoms with Crippen molar-refractivity contribution in [3.63, 3.8) is 0 Å². The number of nitrogens with zero attached hydrogens (tertiary/aromatic N) is 1. The molecule has 3 aliphatic heterocycles. The van der Waals surface area contributed by atoms with E-state index in [0.717, 1.165) is 0 Å². The summed E-state index contributed by atoms with van der Waals surface area (Å²) in [5.41, 5.74) is -0.889. The number of benzene rings is 1. The van der Waals surface area contributed by atoms with E-state index in [4.69, 9.17) is 4.74 Å². The van der Waals surface area contributed by atoms with Gasteiger partial charge in [-0.05, 0) is 17.7 Å². The molecule has 0 radical (unpaired) electrons. The minimum atomic E-state index is -1.42. The summed E-state index contributed by atoms with van der Waals surface area (Å²) in [7, 11) is 0. The van der Waals surface area contributed by atoms with Crippen molar-refractivity contribution < 1.29 is 33.7 Å². The standard InChI is InChI=1S/C18H14FNO6/c19-10-3-1-9(2-4-10)7-20-11(8-21)14-13(16(22)23)12-5-6-18(14,26-12)15(20)17(24)25/h1-6,12-15H,7H2,(H,22,23)(H,24,25). The van der Waals surface area contributed by atoms with E-state index >= 15 is 0 Å². The molecular weight excluding hydrogens is 345 g/mol. The molecule has 0 saturated carbocycles. The van der Waals surface area contributed by atoms with Crippen molar-refractivity contribution in [1.29, 1.82) is 0 Å². The van der Waals surface area contributed by atoms with Crippen LogP contribution in [0, 0.1) is 17.7 Å². The molecule has 0 aromatic heterocycles. The Morgan fingerprint density at radius 1 is 1.23 bits per heavy atom. The summed E-state index contributed by atoms with van der Waals surface area (Å²) in [6.07, 6.45) is 2.30. The first-order valence-electron chi connectivity index (χ1n) is 7.98. The number of ether oxygens (including phenoxy) is 1. The van der Waals surface area contributed by atoms with Crippen LogP contribution < -0.4 is 0 Å². The Bertz CT molecular complexity index is 874. The molecule has 2 bridgehead atoms. The fourth-order valence-corrected chi connectivity index (χ4v) is 4.37.